The maximum absolute atomic E-state index is 11.8. The lowest BCUT2D eigenvalue weighted by molar-refractivity contribution is 0.0692. The van der Waals surface area contributed by atoms with E-state index < -0.39 is 5.97 Å². The third kappa shape index (κ3) is 6.65. The van der Waals surface area contributed by atoms with Crippen LogP contribution in [0.4, 0.5) is 0 Å². The van der Waals surface area contributed by atoms with Crippen LogP contribution < -0.4 is 0 Å². The van der Waals surface area contributed by atoms with Gasteiger partial charge in [-0.3, -0.25) is 0 Å². The van der Waals surface area contributed by atoms with Crippen LogP contribution in [-0.4, -0.2) is 27.0 Å². The Morgan fingerprint density at radius 1 is 1.30 bits per heavy atom. The molecule has 150 valence electrons. The lowest BCUT2D eigenvalue weighted by Crippen LogP contribution is -2.08. The molecule has 0 spiro atoms. The first-order valence-corrected chi connectivity index (χ1v) is 10.1. The minimum Gasteiger partial charge on any atom is -0.507 e. The van der Waals surface area contributed by atoms with Gasteiger partial charge in [-0.25, -0.2) is 4.79 Å². The number of thiol groups is 1. The first kappa shape index (κ1) is 23.2. The Morgan fingerprint density at radius 2 is 1.96 bits per heavy atom. The van der Waals surface area contributed by atoms with Crippen LogP contribution in [0.1, 0.15) is 80.3 Å². The smallest absolute Gasteiger partial charge is 0.339 e. The molecule has 4 nitrogen and oxygen atoms in total. The number of carboxylic acid groups (broad SMARTS) is 1. The van der Waals surface area contributed by atoms with Gasteiger partial charge in [0.15, 0.2) is 0 Å². The van der Waals surface area contributed by atoms with Crippen molar-refractivity contribution in [3.8, 4) is 11.5 Å². The fraction of sp³-hybridized carbons (Fsp3) is 0.500. The molecule has 0 heterocycles. The van der Waals surface area contributed by atoms with Crippen molar-refractivity contribution in [1.29, 1.82) is 0 Å². The number of phenols is 2. The maximum Gasteiger partial charge on any atom is 0.339 e. The summed E-state index contributed by atoms with van der Waals surface area (Å²) < 4.78 is 0. The van der Waals surface area contributed by atoms with E-state index in [2.05, 4.69) is 26.1 Å². The molecule has 0 amide bonds. The summed E-state index contributed by atoms with van der Waals surface area (Å²) >= 11 is 4.24. The molecule has 0 aliphatic heterocycles. The van der Waals surface area contributed by atoms with Crippen molar-refractivity contribution in [3.63, 3.8) is 0 Å². The summed E-state index contributed by atoms with van der Waals surface area (Å²) in [5.41, 5.74) is 2.58. The van der Waals surface area contributed by atoms with Gasteiger partial charge in [0.2, 0.25) is 0 Å². The number of carboxylic acids is 1. The van der Waals surface area contributed by atoms with Crippen LogP contribution in [0, 0.1) is 0 Å². The molecule has 1 aromatic rings. The second-order valence-electron chi connectivity index (χ2n) is 7.21. The molecular formula is C22H32O4S. The van der Waals surface area contributed by atoms with Crippen molar-refractivity contribution in [2.45, 2.75) is 65.2 Å². The topological polar surface area (TPSA) is 77.8 Å². The van der Waals surface area contributed by atoms with E-state index in [1.165, 1.54) is 6.07 Å². The Hall–Kier alpha value is -1.88. The largest absolute Gasteiger partial charge is 0.507 e. The van der Waals surface area contributed by atoms with Crippen LogP contribution in [0.2, 0.25) is 0 Å². The number of phenolic OH excluding ortho intramolecular Hbond substituents is 1. The molecule has 1 rings (SSSR count). The van der Waals surface area contributed by atoms with Crippen molar-refractivity contribution in [1.82, 2.24) is 0 Å². The summed E-state index contributed by atoms with van der Waals surface area (Å²) in [6.07, 6.45) is 6.54. The molecule has 0 aliphatic rings. The minimum absolute atomic E-state index is 0.0647. The van der Waals surface area contributed by atoms with Crippen molar-refractivity contribution >= 4 is 18.6 Å². The third-order valence-electron chi connectivity index (χ3n) is 4.59. The fourth-order valence-electron chi connectivity index (χ4n) is 3.31. The quantitative estimate of drug-likeness (QED) is 0.217. The van der Waals surface area contributed by atoms with Crippen LogP contribution in [-0.2, 0) is 6.42 Å². The van der Waals surface area contributed by atoms with Gasteiger partial charge < -0.3 is 15.3 Å². The highest BCUT2D eigenvalue weighted by atomic mass is 32.1. The number of allylic oxidation sites excluding steroid dienone is 3. The van der Waals surface area contributed by atoms with Gasteiger partial charge in [0.25, 0.3) is 0 Å². The number of hydrogen-bond donors (Lipinski definition) is 4. The predicted octanol–water partition coefficient (Wildman–Crippen LogP) is 5.84. The third-order valence-corrected chi connectivity index (χ3v) is 4.82. The SMILES string of the molecule is C=C(C)CC(/C=C(/C)CCS)c1c(O)cc(CCCCC)c(C(=O)O)c1O. The van der Waals surface area contributed by atoms with E-state index in [9.17, 15) is 20.1 Å². The molecule has 1 aromatic carbocycles. The molecule has 0 saturated carbocycles. The number of hydrogen-bond acceptors (Lipinski definition) is 4. The number of aromatic carboxylic acids is 1. The molecule has 0 bridgehead atoms. The summed E-state index contributed by atoms with van der Waals surface area (Å²) in [7, 11) is 0. The zero-order valence-corrected chi connectivity index (χ0v) is 17.5. The molecule has 0 saturated heterocycles. The van der Waals surface area contributed by atoms with E-state index in [4.69, 9.17) is 0 Å². The Bertz CT molecular complexity index is 707. The number of aryl methyl sites for hydroxylation is 1. The fourth-order valence-corrected chi connectivity index (χ4v) is 3.67. The van der Waals surface area contributed by atoms with Gasteiger partial charge in [0, 0.05) is 11.5 Å². The molecule has 1 atom stereocenters. The summed E-state index contributed by atoms with van der Waals surface area (Å²) in [5.74, 6) is -1.23. The van der Waals surface area contributed by atoms with E-state index in [0.29, 0.717) is 24.2 Å². The molecule has 5 heteroatoms. The average molecular weight is 393 g/mol. The van der Waals surface area contributed by atoms with Gasteiger partial charge in [-0.1, -0.05) is 37.0 Å². The monoisotopic (exact) mass is 392 g/mol. The molecule has 27 heavy (non-hydrogen) atoms. The van der Waals surface area contributed by atoms with Crippen LogP contribution in [0.5, 0.6) is 11.5 Å². The normalized spacial score (nSPS) is 12.8. The first-order valence-electron chi connectivity index (χ1n) is 9.46. The van der Waals surface area contributed by atoms with E-state index in [1.54, 1.807) is 0 Å². The second kappa shape index (κ2) is 11.1. The van der Waals surface area contributed by atoms with Crippen LogP contribution in [0.25, 0.3) is 0 Å². The van der Waals surface area contributed by atoms with E-state index in [-0.39, 0.29) is 28.5 Å². The lowest BCUT2D eigenvalue weighted by Gasteiger charge is -2.21. The van der Waals surface area contributed by atoms with Gasteiger partial charge in [-0.2, -0.15) is 12.6 Å². The van der Waals surface area contributed by atoms with Crippen molar-refractivity contribution in [3.05, 3.63) is 46.6 Å². The van der Waals surface area contributed by atoms with E-state index in [0.717, 1.165) is 36.8 Å². The van der Waals surface area contributed by atoms with Crippen LogP contribution in [0.15, 0.2) is 29.9 Å². The molecule has 0 fully saturated rings. The van der Waals surface area contributed by atoms with Crippen LogP contribution in [0.3, 0.4) is 0 Å². The highest BCUT2D eigenvalue weighted by molar-refractivity contribution is 7.80. The number of carbonyl (C=O) groups is 1. The number of unbranched alkanes of at least 4 members (excludes halogenated alkanes) is 2. The molecule has 1 unspecified atom stereocenters. The van der Waals surface area contributed by atoms with Crippen LogP contribution >= 0.6 is 12.6 Å². The van der Waals surface area contributed by atoms with Crippen molar-refractivity contribution < 1.29 is 20.1 Å². The Balaban J connectivity index is 3.49. The van der Waals surface area contributed by atoms with Gasteiger partial charge in [0.1, 0.15) is 17.1 Å². The minimum atomic E-state index is -1.18. The summed E-state index contributed by atoms with van der Waals surface area (Å²) in [6, 6.07) is 1.50. The van der Waals surface area contributed by atoms with Gasteiger partial charge in [-0.15, -0.1) is 6.58 Å². The average Bonchev–Trinajstić information content (AvgIpc) is 2.53. The molecule has 0 radical (unpaired) electrons. The first-order chi connectivity index (χ1) is 12.7. The zero-order chi connectivity index (χ0) is 20.6. The number of rotatable bonds is 11. The van der Waals surface area contributed by atoms with Gasteiger partial charge in [-0.05, 0) is 56.9 Å². The summed E-state index contributed by atoms with van der Waals surface area (Å²) in [4.78, 5) is 11.8. The lowest BCUT2D eigenvalue weighted by atomic mass is 9.86. The Labute approximate surface area is 168 Å². The number of benzene rings is 1. The highest BCUT2D eigenvalue weighted by Crippen LogP contribution is 2.42. The predicted molar refractivity (Wildman–Crippen MR) is 114 cm³/mol. The summed E-state index contributed by atoms with van der Waals surface area (Å²) in [5, 5.41) is 31.1. The molecule has 0 aromatic heterocycles. The molecular weight excluding hydrogens is 360 g/mol. The van der Waals surface area contributed by atoms with Crippen molar-refractivity contribution in [2.24, 2.45) is 0 Å². The van der Waals surface area contributed by atoms with Gasteiger partial charge in [0.05, 0.1) is 0 Å². The zero-order valence-electron chi connectivity index (χ0n) is 16.6. The van der Waals surface area contributed by atoms with E-state index in [1.807, 2.05) is 19.9 Å². The highest BCUT2D eigenvalue weighted by Gasteiger charge is 2.26. The number of aromatic hydroxyl groups is 2. The van der Waals surface area contributed by atoms with Crippen molar-refractivity contribution in [2.75, 3.05) is 5.75 Å². The molecule has 3 N–H and O–H groups in total. The molecule has 0 aliphatic carbocycles. The summed E-state index contributed by atoms with van der Waals surface area (Å²) in [6.45, 7) is 9.84. The van der Waals surface area contributed by atoms with Gasteiger partial charge >= 0.3 is 5.97 Å². The standard InChI is InChI=1S/C22H32O4S/c1-5-6-7-8-16-13-18(23)19(21(24)20(16)22(25)26)17(11-14(2)3)12-15(4)9-10-27/h12-13,17,23-24,27H,2,5-11H2,1,3-4H3,(H,25,26)/b15-12-. The Morgan fingerprint density at radius 3 is 2.48 bits per heavy atom. The second-order valence-corrected chi connectivity index (χ2v) is 7.66. The van der Waals surface area contributed by atoms with E-state index >= 15 is 0 Å². The Kier molecular flexibility index (Phi) is 9.50. The maximum atomic E-state index is 11.8.